The van der Waals surface area contributed by atoms with E-state index in [1.54, 1.807) is 0 Å². The number of carbonyl (C=O) groups excluding carboxylic acids is 1. The largest absolute Gasteiger partial charge is 0.300 e. The average molecular weight is 332 g/mol. The molecule has 1 amide bonds. The average Bonchev–Trinajstić information content (AvgIpc) is 2.91. The van der Waals surface area contributed by atoms with Gasteiger partial charge in [-0.2, -0.15) is 0 Å². The molecule has 0 unspecified atom stereocenters. The van der Waals surface area contributed by atoms with Gasteiger partial charge >= 0.3 is 0 Å². The minimum Gasteiger partial charge on any atom is -0.300 e. The molecule has 0 saturated heterocycles. The molecule has 0 aromatic carbocycles. The molecule has 7 heteroatoms. The third-order valence-electron chi connectivity index (χ3n) is 3.90. The Hall–Kier alpha value is -2.02. The number of amides is 1. The molecule has 0 bridgehead atoms. The van der Waals surface area contributed by atoms with E-state index in [4.69, 9.17) is 0 Å². The van der Waals surface area contributed by atoms with E-state index in [-0.39, 0.29) is 23.9 Å². The Morgan fingerprint density at radius 1 is 1.39 bits per heavy atom. The molecule has 122 valence electrons. The number of hydrogen-bond donors (Lipinski definition) is 1. The molecule has 0 saturated carbocycles. The first-order chi connectivity index (χ1) is 11.0. The number of nitrogens with zero attached hydrogens (tertiary/aromatic N) is 3. The van der Waals surface area contributed by atoms with Gasteiger partial charge < -0.3 is 5.32 Å². The summed E-state index contributed by atoms with van der Waals surface area (Å²) >= 11 is 1.54. The van der Waals surface area contributed by atoms with Crippen LogP contribution in [-0.4, -0.2) is 20.4 Å². The molecule has 1 N–H and O–H groups in total. The van der Waals surface area contributed by atoms with Gasteiger partial charge in [-0.3, -0.25) is 14.2 Å². The number of fused-ring (bicyclic) bond motifs is 1. The van der Waals surface area contributed by atoms with Gasteiger partial charge in [-0.05, 0) is 31.6 Å². The zero-order valence-electron chi connectivity index (χ0n) is 13.3. The molecule has 2 heterocycles. The van der Waals surface area contributed by atoms with Crippen LogP contribution in [0, 0.1) is 0 Å². The van der Waals surface area contributed by atoms with E-state index in [1.165, 1.54) is 39.6 Å². The van der Waals surface area contributed by atoms with Crippen LogP contribution in [-0.2, 0) is 24.2 Å². The van der Waals surface area contributed by atoms with Crippen molar-refractivity contribution >= 4 is 22.4 Å². The number of aromatic nitrogens is 3. The van der Waals surface area contributed by atoms with Crippen LogP contribution in [0.5, 0.6) is 0 Å². The molecule has 0 atom stereocenters. The van der Waals surface area contributed by atoms with Crippen molar-refractivity contribution in [3.05, 3.63) is 39.0 Å². The molecule has 0 spiro atoms. The Morgan fingerprint density at radius 3 is 2.87 bits per heavy atom. The normalized spacial score (nSPS) is 13.9. The zero-order valence-corrected chi connectivity index (χ0v) is 14.2. The van der Waals surface area contributed by atoms with E-state index in [1.807, 2.05) is 13.8 Å². The lowest BCUT2D eigenvalue weighted by molar-refractivity contribution is -0.116. The Morgan fingerprint density at radius 2 is 2.17 bits per heavy atom. The van der Waals surface area contributed by atoms with Crippen LogP contribution in [0.3, 0.4) is 0 Å². The highest BCUT2D eigenvalue weighted by Crippen LogP contribution is 2.29. The Kier molecular flexibility index (Phi) is 4.56. The fraction of sp³-hybridized carbons (Fsp3) is 0.500. The standard InChI is InChI=1S/C16H20N4O2S/c1-10(2)12-7-15(22)20(9-17-12)8-14(21)19-16-18-11-5-3-4-6-13(11)23-16/h7,9-10H,3-6,8H2,1-2H3,(H,18,19,21). The minimum atomic E-state index is -0.253. The summed E-state index contributed by atoms with van der Waals surface area (Å²) in [4.78, 5) is 34.1. The maximum atomic E-state index is 12.1. The molecule has 6 nitrogen and oxygen atoms in total. The van der Waals surface area contributed by atoms with Crippen molar-refractivity contribution < 1.29 is 4.79 Å². The van der Waals surface area contributed by atoms with Crippen molar-refractivity contribution in [1.29, 1.82) is 0 Å². The lowest BCUT2D eigenvalue weighted by Crippen LogP contribution is -2.28. The minimum absolute atomic E-state index is 0.0472. The first kappa shape index (κ1) is 15.9. The van der Waals surface area contributed by atoms with E-state index in [9.17, 15) is 9.59 Å². The SMILES string of the molecule is CC(C)c1cc(=O)n(CC(=O)Nc2nc3c(s2)CCCC3)cn1. The van der Waals surface area contributed by atoms with Crippen LogP contribution in [0.4, 0.5) is 5.13 Å². The van der Waals surface area contributed by atoms with E-state index >= 15 is 0 Å². The second kappa shape index (κ2) is 6.62. The molecule has 23 heavy (non-hydrogen) atoms. The molecule has 3 rings (SSSR count). The summed E-state index contributed by atoms with van der Waals surface area (Å²) in [6.07, 6.45) is 5.81. The van der Waals surface area contributed by atoms with Crippen molar-refractivity contribution in [3.8, 4) is 0 Å². The van der Waals surface area contributed by atoms with Crippen molar-refractivity contribution in [1.82, 2.24) is 14.5 Å². The van der Waals surface area contributed by atoms with Gasteiger partial charge in [-0.15, -0.1) is 11.3 Å². The second-order valence-electron chi connectivity index (χ2n) is 6.08. The number of anilines is 1. The lowest BCUT2D eigenvalue weighted by Gasteiger charge is -2.07. The monoisotopic (exact) mass is 332 g/mol. The Bertz CT molecular complexity index is 755. The van der Waals surface area contributed by atoms with Gasteiger partial charge in [0.1, 0.15) is 6.54 Å². The number of thiazole rings is 1. The van der Waals surface area contributed by atoms with E-state index in [0.29, 0.717) is 5.13 Å². The number of carbonyl (C=O) groups is 1. The van der Waals surface area contributed by atoms with Gasteiger partial charge in [-0.25, -0.2) is 9.97 Å². The number of aryl methyl sites for hydroxylation is 2. The maximum absolute atomic E-state index is 12.1. The second-order valence-corrected chi connectivity index (χ2v) is 7.16. The van der Waals surface area contributed by atoms with Crippen molar-refractivity contribution in [3.63, 3.8) is 0 Å². The molecule has 0 radical (unpaired) electrons. The Balaban J connectivity index is 1.67. The molecule has 0 fully saturated rings. The summed E-state index contributed by atoms with van der Waals surface area (Å²) in [6, 6.07) is 1.49. The maximum Gasteiger partial charge on any atom is 0.254 e. The van der Waals surface area contributed by atoms with Crippen molar-refractivity contribution in [2.24, 2.45) is 0 Å². The van der Waals surface area contributed by atoms with E-state index in [0.717, 1.165) is 30.7 Å². The van der Waals surface area contributed by atoms with E-state index < -0.39 is 0 Å². The molecule has 0 aliphatic heterocycles. The first-order valence-corrected chi connectivity index (χ1v) is 8.69. The first-order valence-electron chi connectivity index (χ1n) is 7.87. The third-order valence-corrected chi connectivity index (χ3v) is 4.97. The van der Waals surface area contributed by atoms with Gasteiger partial charge in [-0.1, -0.05) is 13.8 Å². The summed E-state index contributed by atoms with van der Waals surface area (Å²) in [5.41, 5.74) is 1.63. The zero-order chi connectivity index (χ0) is 16.4. The molecule has 1 aliphatic carbocycles. The molecule has 2 aromatic heterocycles. The number of nitrogens with one attached hydrogen (secondary N) is 1. The van der Waals surface area contributed by atoms with Crippen LogP contribution in [0.2, 0.25) is 0 Å². The lowest BCUT2D eigenvalue weighted by atomic mass is 10.0. The fourth-order valence-corrected chi connectivity index (χ4v) is 3.66. The predicted octanol–water partition coefficient (Wildman–Crippen LogP) is 2.34. The van der Waals surface area contributed by atoms with Crippen molar-refractivity contribution in [2.75, 3.05) is 5.32 Å². The van der Waals surface area contributed by atoms with Crippen LogP contribution in [0.15, 0.2) is 17.2 Å². The van der Waals surface area contributed by atoms with Gasteiger partial charge in [0.2, 0.25) is 5.91 Å². The van der Waals surface area contributed by atoms with Crippen LogP contribution in [0.1, 0.15) is 48.9 Å². The molecular weight excluding hydrogens is 312 g/mol. The summed E-state index contributed by atoms with van der Waals surface area (Å²) in [6.45, 7) is 3.90. The van der Waals surface area contributed by atoms with E-state index in [2.05, 4.69) is 15.3 Å². The Labute approximate surface area is 138 Å². The fourth-order valence-electron chi connectivity index (χ4n) is 2.59. The number of rotatable bonds is 4. The molecular formula is C16H20N4O2S. The van der Waals surface area contributed by atoms with Gasteiger partial charge in [0, 0.05) is 10.9 Å². The highest BCUT2D eigenvalue weighted by Gasteiger charge is 2.16. The van der Waals surface area contributed by atoms with Crippen molar-refractivity contribution in [2.45, 2.75) is 52.0 Å². The number of hydrogen-bond acceptors (Lipinski definition) is 5. The van der Waals surface area contributed by atoms with Gasteiger partial charge in [0.15, 0.2) is 5.13 Å². The molecule has 1 aliphatic rings. The smallest absolute Gasteiger partial charge is 0.254 e. The van der Waals surface area contributed by atoms with Gasteiger partial charge in [0.25, 0.3) is 5.56 Å². The summed E-state index contributed by atoms with van der Waals surface area (Å²) < 4.78 is 1.31. The summed E-state index contributed by atoms with van der Waals surface area (Å²) in [5, 5.41) is 3.42. The van der Waals surface area contributed by atoms with Crippen LogP contribution in [0.25, 0.3) is 0 Å². The third kappa shape index (κ3) is 3.67. The van der Waals surface area contributed by atoms with Crippen LogP contribution >= 0.6 is 11.3 Å². The topological polar surface area (TPSA) is 76.9 Å². The molecule has 2 aromatic rings. The predicted molar refractivity (Wildman–Crippen MR) is 90.0 cm³/mol. The summed E-state index contributed by atoms with van der Waals surface area (Å²) in [7, 11) is 0. The highest BCUT2D eigenvalue weighted by molar-refractivity contribution is 7.15. The highest BCUT2D eigenvalue weighted by atomic mass is 32.1. The summed E-state index contributed by atoms with van der Waals surface area (Å²) in [5.74, 6) is -0.0647. The quantitative estimate of drug-likeness (QED) is 0.932. The van der Waals surface area contributed by atoms with Crippen LogP contribution < -0.4 is 10.9 Å². The van der Waals surface area contributed by atoms with Gasteiger partial charge in [0.05, 0.1) is 17.7 Å².